The van der Waals surface area contributed by atoms with Gasteiger partial charge in [0.25, 0.3) is 25.1 Å². The second kappa shape index (κ2) is 7.17. The van der Waals surface area contributed by atoms with Gasteiger partial charge in [0, 0.05) is 0 Å². The molecule has 0 aromatic rings. The average Bonchev–Trinajstić information content (AvgIpc) is 2.17. The zero-order valence-corrected chi connectivity index (χ0v) is 12.9. The molecule has 0 aliphatic carbocycles. The highest BCUT2D eigenvalue weighted by Crippen LogP contribution is 2.19. The molecule has 0 aliphatic heterocycles. The van der Waals surface area contributed by atoms with Gasteiger partial charge < -0.3 is 4.12 Å². The summed E-state index contributed by atoms with van der Waals surface area (Å²) in [5.74, 6) is 3.69. The molecule has 0 saturated heterocycles. The molecule has 0 radical (unpaired) electrons. The van der Waals surface area contributed by atoms with E-state index in [1.165, 1.54) is 0 Å². The van der Waals surface area contributed by atoms with E-state index in [2.05, 4.69) is 49.0 Å². The smallest absolute Gasteiger partial charge is 0.305 e. The first-order valence-electron chi connectivity index (χ1n) is 5.47. The first-order chi connectivity index (χ1) is 7.95. The van der Waals surface area contributed by atoms with Crippen LogP contribution in [-0.2, 0) is 4.12 Å². The molecule has 2 atom stereocenters. The molecule has 2 unspecified atom stereocenters. The summed E-state index contributed by atoms with van der Waals surface area (Å²) in [5.41, 5.74) is 0. The molecule has 0 aromatic carbocycles. The van der Waals surface area contributed by atoms with E-state index >= 15 is 0 Å². The summed E-state index contributed by atoms with van der Waals surface area (Å²) in [6.45, 7) is 18.8. The normalized spacial score (nSPS) is 16.6. The zero-order chi connectivity index (χ0) is 13.4. The summed E-state index contributed by atoms with van der Waals surface area (Å²) < 4.78 is 14.1. The molecule has 17 heavy (non-hydrogen) atoms. The molecule has 0 fully saturated rings. The van der Waals surface area contributed by atoms with E-state index in [4.69, 9.17) is 4.12 Å². The summed E-state index contributed by atoms with van der Waals surface area (Å²) in [6, 6.07) is 1.63. The number of hydrogen-bond donors (Lipinski definition) is 0. The molecule has 0 amide bonds. The average molecular weight is 266 g/mol. The van der Waals surface area contributed by atoms with Crippen molar-refractivity contribution in [1.29, 1.82) is 0 Å². The number of hydrogen-bond acceptors (Lipinski definition) is 1. The molecule has 0 saturated carbocycles. The van der Waals surface area contributed by atoms with Crippen molar-refractivity contribution < 1.29 is 4.12 Å². The van der Waals surface area contributed by atoms with Crippen LogP contribution in [0.5, 0.6) is 0 Å². The van der Waals surface area contributed by atoms with Crippen molar-refractivity contribution in [1.82, 2.24) is 9.34 Å². The molecule has 0 spiro atoms. The van der Waals surface area contributed by atoms with Gasteiger partial charge >= 0.3 is 16.6 Å². The summed E-state index contributed by atoms with van der Waals surface area (Å²) >= 11 is 0. The van der Waals surface area contributed by atoms with Crippen LogP contribution in [0.2, 0.25) is 25.2 Å². The highest BCUT2D eigenvalue weighted by Gasteiger charge is 2.43. The molecule has 5 heteroatoms. The van der Waals surface area contributed by atoms with Crippen molar-refractivity contribution in [2.24, 2.45) is 0 Å². The van der Waals surface area contributed by atoms with Crippen molar-refractivity contribution in [3.8, 4) is 0 Å². The zero-order valence-electron chi connectivity index (χ0n) is 10.9. The van der Waals surface area contributed by atoms with E-state index in [-0.39, 0.29) is 0 Å². The fourth-order valence-corrected chi connectivity index (χ4v) is 9.21. The van der Waals surface area contributed by atoms with Gasteiger partial charge in [-0.05, 0) is 25.2 Å². The Bertz CT molecular complexity index is 348. The fourth-order valence-electron chi connectivity index (χ4n) is 1.73. The van der Waals surface area contributed by atoms with E-state index in [1.54, 1.807) is 0 Å². The molecule has 3 nitrogen and oxygen atoms in total. The van der Waals surface area contributed by atoms with Crippen LogP contribution in [0.15, 0.2) is 25.3 Å². The van der Waals surface area contributed by atoms with Gasteiger partial charge in [0.15, 0.2) is 0 Å². The van der Waals surface area contributed by atoms with Gasteiger partial charge in [-0.25, -0.2) is 0 Å². The molecule has 0 bridgehead atoms. The van der Waals surface area contributed by atoms with E-state index in [0.717, 1.165) is 12.1 Å². The molecule has 0 N–H and O–H groups in total. The van der Waals surface area contributed by atoms with Gasteiger partial charge in [0.2, 0.25) is 0 Å². The summed E-state index contributed by atoms with van der Waals surface area (Å²) in [7, 11) is -4.07. The lowest BCUT2D eigenvalue weighted by Crippen LogP contribution is -2.51. The molecule has 0 aromatic heterocycles. The molecular formula is C12H22N2OSi2+2. The second-order valence-corrected chi connectivity index (χ2v) is 11.7. The Labute approximate surface area is 106 Å². The second-order valence-electron chi connectivity index (χ2n) is 4.34. The van der Waals surface area contributed by atoms with Crippen LogP contribution in [0.1, 0.15) is 0 Å². The summed E-state index contributed by atoms with van der Waals surface area (Å²) in [5, 5.41) is 0. The lowest BCUT2D eigenvalue weighted by Gasteiger charge is -2.26. The van der Waals surface area contributed by atoms with E-state index < -0.39 is 16.6 Å². The molecule has 0 heterocycles. The van der Waals surface area contributed by atoms with Crippen LogP contribution in [0.4, 0.5) is 0 Å². The van der Waals surface area contributed by atoms with Crippen LogP contribution in [-0.4, -0.2) is 41.7 Å². The predicted molar refractivity (Wildman–Crippen MR) is 85.0 cm³/mol. The Morgan fingerprint density at radius 1 is 0.941 bits per heavy atom. The van der Waals surface area contributed by atoms with E-state index in [0.29, 0.717) is 0 Å². The third-order valence-corrected chi connectivity index (χ3v) is 9.68. The number of rotatable bonds is 8. The van der Waals surface area contributed by atoms with Gasteiger partial charge in [-0.1, -0.05) is 12.2 Å². The molecule has 0 aliphatic rings. The lowest BCUT2D eigenvalue weighted by molar-refractivity contribution is 0.573. The van der Waals surface area contributed by atoms with Crippen molar-refractivity contribution in [2.45, 2.75) is 25.2 Å². The maximum atomic E-state index is 6.34. The maximum Gasteiger partial charge on any atom is 0.305 e. The Morgan fingerprint density at radius 3 is 1.53 bits per heavy atom. The minimum atomic E-state index is -2.04. The fraction of sp³-hybridized carbons (Fsp3) is 0.333. The van der Waals surface area contributed by atoms with Gasteiger partial charge in [-0.2, -0.15) is 0 Å². The minimum absolute atomic E-state index is 0.816. The monoisotopic (exact) mass is 266 g/mol. The molecule has 92 valence electrons. The van der Waals surface area contributed by atoms with Gasteiger partial charge in [-0.3, -0.25) is 0 Å². The summed E-state index contributed by atoms with van der Waals surface area (Å²) in [4.78, 5) is 0. The highest BCUT2D eigenvalue weighted by molar-refractivity contribution is 7.08. The van der Waals surface area contributed by atoms with E-state index in [9.17, 15) is 0 Å². The topological polar surface area (TPSA) is 37.4 Å². The van der Waals surface area contributed by atoms with Crippen molar-refractivity contribution in [3.63, 3.8) is 0 Å². The van der Waals surface area contributed by atoms with Crippen LogP contribution in [0.3, 0.4) is 0 Å². The van der Waals surface area contributed by atoms with Crippen LogP contribution >= 0.6 is 0 Å². The standard InChI is InChI=1S/C12H22N2OSi2/c1-7-9-16(5,11-13-3)15-17(6,10-8-2)12-14-4/h7-8,11-12H,1-4,9-10H2,5-6H3/q+2. The Morgan fingerprint density at radius 2 is 1.29 bits per heavy atom. The summed E-state index contributed by atoms with van der Waals surface area (Å²) in [6.07, 6.45) is 3.75. The van der Waals surface area contributed by atoms with Gasteiger partial charge in [0.05, 0.1) is 0 Å². The number of nitrogens with zero attached hydrogens (tertiary/aromatic N) is 2. The number of allylic oxidation sites excluding steroid dienone is 2. The SMILES string of the molecule is C=CC[Si](C)(C=[N+]=C)O[Si](C)(C=[N+]=C)CC=C. The predicted octanol–water partition coefficient (Wildman–Crippen LogP) is 1.28. The van der Waals surface area contributed by atoms with Crippen LogP contribution < -0.4 is 9.34 Å². The van der Waals surface area contributed by atoms with Gasteiger partial charge in [0.1, 0.15) is 0 Å². The molecular weight excluding hydrogens is 244 g/mol. The maximum absolute atomic E-state index is 6.34. The van der Waals surface area contributed by atoms with Crippen molar-refractivity contribution in [3.05, 3.63) is 25.3 Å². The van der Waals surface area contributed by atoms with Gasteiger partial charge in [-0.15, -0.1) is 22.5 Å². The Kier molecular flexibility index (Phi) is 6.65. The minimum Gasteiger partial charge on any atom is -0.439 e. The van der Waals surface area contributed by atoms with Crippen LogP contribution in [0.25, 0.3) is 0 Å². The highest BCUT2D eigenvalue weighted by atomic mass is 28.4. The Hall–Kier alpha value is -1.23. The third-order valence-electron chi connectivity index (χ3n) is 2.29. The largest absolute Gasteiger partial charge is 0.439 e. The van der Waals surface area contributed by atoms with Crippen molar-refractivity contribution >= 4 is 41.7 Å². The van der Waals surface area contributed by atoms with Crippen LogP contribution in [0, 0.1) is 0 Å². The quantitative estimate of drug-likeness (QED) is 0.282. The lowest BCUT2D eigenvalue weighted by atomic mass is 10.8. The third kappa shape index (κ3) is 5.59. The molecule has 0 rings (SSSR count). The Balaban J connectivity index is 5.16. The first-order valence-corrected chi connectivity index (χ1v) is 10.9. The first kappa shape index (κ1) is 15.8. The van der Waals surface area contributed by atoms with E-state index in [1.807, 2.05) is 23.8 Å². The van der Waals surface area contributed by atoms with Crippen molar-refractivity contribution in [2.75, 3.05) is 0 Å².